The van der Waals surface area contributed by atoms with E-state index in [1.807, 2.05) is 30.3 Å². The maximum absolute atomic E-state index is 11.4. The molecule has 1 aromatic heterocycles. The van der Waals surface area contributed by atoms with Crippen molar-refractivity contribution < 1.29 is 4.79 Å². The summed E-state index contributed by atoms with van der Waals surface area (Å²) >= 11 is 7.16. The molecule has 0 unspecified atom stereocenters. The van der Waals surface area contributed by atoms with Crippen molar-refractivity contribution in [2.75, 3.05) is 0 Å². The molecule has 0 saturated carbocycles. The van der Waals surface area contributed by atoms with Gasteiger partial charge in [-0.15, -0.1) is 11.3 Å². The lowest BCUT2D eigenvalue weighted by molar-refractivity contribution is 0.100. The lowest BCUT2D eigenvalue weighted by Gasteiger charge is -1.96. The van der Waals surface area contributed by atoms with Gasteiger partial charge in [0.15, 0.2) is 0 Å². The Morgan fingerprint density at radius 3 is 2.71 bits per heavy atom. The summed E-state index contributed by atoms with van der Waals surface area (Å²) in [5.41, 5.74) is 9.90. The first kappa shape index (κ1) is 11.7. The van der Waals surface area contributed by atoms with E-state index < -0.39 is 5.91 Å². The van der Waals surface area contributed by atoms with Crippen LogP contribution >= 0.6 is 22.9 Å². The van der Waals surface area contributed by atoms with Gasteiger partial charge in [-0.3, -0.25) is 4.79 Å². The fourth-order valence-electron chi connectivity index (χ4n) is 1.38. The molecule has 0 bridgehead atoms. The van der Waals surface area contributed by atoms with Crippen molar-refractivity contribution in [1.82, 2.24) is 0 Å². The second-order valence-electron chi connectivity index (χ2n) is 3.16. The smallest absolute Gasteiger partial charge is 0.259 e. The minimum Gasteiger partial charge on any atom is -0.286 e. The van der Waals surface area contributed by atoms with Crippen molar-refractivity contribution in [3.63, 3.8) is 0 Å². The van der Waals surface area contributed by atoms with Gasteiger partial charge in [0.2, 0.25) is 0 Å². The maximum atomic E-state index is 11.4. The third kappa shape index (κ3) is 2.47. The molecule has 0 aliphatic rings. The van der Waals surface area contributed by atoms with E-state index in [1.54, 1.807) is 6.07 Å². The largest absolute Gasteiger partial charge is 0.286 e. The normalized spacial score (nSPS) is 9.71. The fourth-order valence-corrected chi connectivity index (χ4v) is 2.58. The highest BCUT2D eigenvalue weighted by Crippen LogP contribution is 2.35. The van der Waals surface area contributed by atoms with Crippen LogP contribution in [0.25, 0.3) is 21.6 Å². The van der Waals surface area contributed by atoms with Gasteiger partial charge >= 0.3 is 0 Å². The maximum Gasteiger partial charge on any atom is 0.259 e. The zero-order valence-electron chi connectivity index (χ0n) is 8.50. The van der Waals surface area contributed by atoms with Gasteiger partial charge in [-0.05, 0) is 22.3 Å². The van der Waals surface area contributed by atoms with E-state index in [-0.39, 0.29) is 0 Å². The lowest BCUT2D eigenvalue weighted by Crippen LogP contribution is -1.86. The molecule has 1 amide bonds. The molecular formula is C11H6ClN3OS. The molecule has 1 heterocycles. The minimum absolute atomic E-state index is 0.339. The molecule has 0 aliphatic heterocycles. The molecule has 0 N–H and O–H groups in total. The Labute approximate surface area is 106 Å². The number of azide groups is 1. The standard InChI is InChI=1S/C11H6ClN3OS/c12-10-8(7-4-2-1-3-5-7)6-9(17-10)11(16)14-15-13/h1-6H. The van der Waals surface area contributed by atoms with Crippen LogP contribution in [0.3, 0.4) is 0 Å². The van der Waals surface area contributed by atoms with Crippen LogP contribution in [-0.4, -0.2) is 5.91 Å². The molecule has 4 nitrogen and oxygen atoms in total. The van der Waals surface area contributed by atoms with Gasteiger partial charge in [-0.1, -0.05) is 41.9 Å². The van der Waals surface area contributed by atoms with Crippen molar-refractivity contribution in [3.05, 3.63) is 56.1 Å². The average molecular weight is 264 g/mol. The predicted octanol–water partition coefficient (Wildman–Crippen LogP) is 4.52. The number of benzene rings is 1. The number of carbonyl (C=O) groups excluding carboxylic acids is 1. The highest BCUT2D eigenvalue weighted by molar-refractivity contribution is 7.18. The van der Waals surface area contributed by atoms with E-state index in [0.717, 1.165) is 22.5 Å². The van der Waals surface area contributed by atoms with Crippen LogP contribution in [0.4, 0.5) is 0 Å². The molecule has 6 heteroatoms. The summed E-state index contributed by atoms with van der Waals surface area (Å²) < 4.78 is 0.507. The molecule has 0 radical (unpaired) electrons. The summed E-state index contributed by atoms with van der Waals surface area (Å²) in [7, 11) is 0. The van der Waals surface area contributed by atoms with Crippen LogP contribution in [0.5, 0.6) is 0 Å². The molecule has 2 rings (SSSR count). The van der Waals surface area contributed by atoms with E-state index in [4.69, 9.17) is 17.1 Å². The summed E-state index contributed by atoms with van der Waals surface area (Å²) in [6.07, 6.45) is 0. The lowest BCUT2D eigenvalue weighted by atomic mass is 10.1. The van der Waals surface area contributed by atoms with Crippen LogP contribution in [0.15, 0.2) is 41.5 Å². The van der Waals surface area contributed by atoms with E-state index in [9.17, 15) is 4.79 Å². The first-order chi connectivity index (χ1) is 8.22. The van der Waals surface area contributed by atoms with Crippen LogP contribution in [-0.2, 0) is 0 Å². The third-order valence-corrected chi connectivity index (χ3v) is 3.46. The average Bonchev–Trinajstić information content (AvgIpc) is 2.73. The monoisotopic (exact) mass is 263 g/mol. The topological polar surface area (TPSA) is 65.8 Å². The third-order valence-electron chi connectivity index (χ3n) is 2.12. The second-order valence-corrected chi connectivity index (χ2v) is 4.81. The highest BCUT2D eigenvalue weighted by atomic mass is 35.5. The van der Waals surface area contributed by atoms with Gasteiger partial charge in [0.05, 0.1) is 4.88 Å². The summed E-state index contributed by atoms with van der Waals surface area (Å²) in [5, 5.41) is 3.04. The summed E-state index contributed by atoms with van der Waals surface area (Å²) in [6.45, 7) is 0. The Hall–Kier alpha value is -1.81. The van der Waals surface area contributed by atoms with E-state index in [2.05, 4.69) is 10.0 Å². The Morgan fingerprint density at radius 1 is 1.35 bits per heavy atom. The first-order valence-electron chi connectivity index (χ1n) is 4.66. The van der Waals surface area contributed by atoms with E-state index in [1.165, 1.54) is 0 Å². The summed E-state index contributed by atoms with van der Waals surface area (Å²) in [6, 6.07) is 11.1. The Bertz CT molecular complexity index is 602. The number of halogens is 1. The number of hydrogen-bond donors (Lipinski definition) is 0. The van der Waals surface area contributed by atoms with E-state index >= 15 is 0 Å². The van der Waals surface area contributed by atoms with Crippen molar-refractivity contribution in [2.45, 2.75) is 0 Å². The Morgan fingerprint density at radius 2 is 2.06 bits per heavy atom. The highest BCUT2D eigenvalue weighted by Gasteiger charge is 2.13. The number of carbonyl (C=O) groups is 1. The first-order valence-corrected chi connectivity index (χ1v) is 5.86. The van der Waals surface area contributed by atoms with Crippen LogP contribution in [0, 0.1) is 0 Å². The van der Waals surface area contributed by atoms with Gasteiger partial charge in [0, 0.05) is 10.5 Å². The number of amides is 1. The Balaban J connectivity index is 2.45. The van der Waals surface area contributed by atoms with Crippen molar-refractivity contribution in [1.29, 1.82) is 0 Å². The second kappa shape index (κ2) is 5.01. The minimum atomic E-state index is -0.610. The molecule has 0 saturated heterocycles. The number of nitrogens with zero attached hydrogens (tertiary/aromatic N) is 3. The van der Waals surface area contributed by atoms with Gasteiger partial charge in [-0.25, -0.2) is 0 Å². The molecule has 0 atom stereocenters. The molecule has 17 heavy (non-hydrogen) atoms. The van der Waals surface area contributed by atoms with Gasteiger partial charge in [0.25, 0.3) is 5.91 Å². The SMILES string of the molecule is [N-]=[N+]=NC(=O)c1cc(-c2ccccc2)c(Cl)s1. The molecule has 0 aliphatic carbocycles. The van der Waals surface area contributed by atoms with Crippen molar-refractivity contribution in [3.8, 4) is 11.1 Å². The predicted molar refractivity (Wildman–Crippen MR) is 68.2 cm³/mol. The number of hydrogen-bond acceptors (Lipinski definition) is 2. The zero-order valence-corrected chi connectivity index (χ0v) is 10.1. The van der Waals surface area contributed by atoms with Crippen LogP contribution in [0.2, 0.25) is 4.34 Å². The molecule has 0 fully saturated rings. The molecular weight excluding hydrogens is 258 g/mol. The quantitative estimate of drug-likeness (QED) is 0.446. The molecule has 84 valence electrons. The van der Waals surface area contributed by atoms with Gasteiger partial charge < -0.3 is 0 Å². The number of thiophene rings is 1. The summed E-state index contributed by atoms with van der Waals surface area (Å²) in [4.78, 5) is 14.2. The van der Waals surface area contributed by atoms with Crippen molar-refractivity contribution >= 4 is 28.8 Å². The van der Waals surface area contributed by atoms with E-state index in [0.29, 0.717) is 9.21 Å². The van der Waals surface area contributed by atoms with Crippen molar-refractivity contribution in [2.24, 2.45) is 5.11 Å². The summed E-state index contributed by atoms with van der Waals surface area (Å²) in [5.74, 6) is -0.610. The van der Waals surface area contributed by atoms with Crippen LogP contribution in [0.1, 0.15) is 9.67 Å². The Kier molecular flexibility index (Phi) is 3.44. The van der Waals surface area contributed by atoms with Gasteiger partial charge in [-0.2, -0.15) is 0 Å². The number of rotatable bonds is 2. The fraction of sp³-hybridized carbons (Fsp3) is 0. The van der Waals surface area contributed by atoms with Crippen LogP contribution < -0.4 is 0 Å². The zero-order chi connectivity index (χ0) is 12.3. The molecule has 1 aromatic carbocycles. The van der Waals surface area contributed by atoms with Gasteiger partial charge in [0.1, 0.15) is 4.34 Å². The molecule has 0 spiro atoms. The molecule has 2 aromatic rings.